The SMILES string of the molecule is OCc1cc(Cl)c(OCc2cccc3ccccc23)c(Cl)c1. The van der Waals surface area contributed by atoms with Gasteiger partial charge in [-0.3, -0.25) is 0 Å². The minimum atomic E-state index is -0.108. The molecule has 0 spiro atoms. The third-order valence-corrected chi connectivity index (χ3v) is 4.05. The highest BCUT2D eigenvalue weighted by molar-refractivity contribution is 6.37. The van der Waals surface area contributed by atoms with Crippen LogP contribution in [-0.4, -0.2) is 5.11 Å². The first-order valence-electron chi connectivity index (χ1n) is 6.87. The molecule has 0 radical (unpaired) electrons. The number of ether oxygens (including phenoxy) is 1. The summed E-state index contributed by atoms with van der Waals surface area (Å²) in [5, 5.41) is 12.3. The molecular formula is C18H14Cl2O2. The van der Waals surface area contributed by atoms with Gasteiger partial charge < -0.3 is 9.84 Å². The Bertz CT molecular complexity index is 787. The zero-order chi connectivity index (χ0) is 15.5. The first-order chi connectivity index (χ1) is 10.7. The lowest BCUT2D eigenvalue weighted by Gasteiger charge is -2.12. The van der Waals surface area contributed by atoms with Crippen LogP contribution in [0.5, 0.6) is 5.75 Å². The Morgan fingerprint density at radius 1 is 0.909 bits per heavy atom. The monoisotopic (exact) mass is 332 g/mol. The van der Waals surface area contributed by atoms with E-state index in [1.807, 2.05) is 24.3 Å². The zero-order valence-electron chi connectivity index (χ0n) is 11.7. The summed E-state index contributed by atoms with van der Waals surface area (Å²) in [5.74, 6) is 0.438. The van der Waals surface area contributed by atoms with Gasteiger partial charge in [-0.1, -0.05) is 65.7 Å². The van der Waals surface area contributed by atoms with Gasteiger partial charge in [0.1, 0.15) is 6.61 Å². The molecule has 3 rings (SSSR count). The van der Waals surface area contributed by atoms with E-state index in [4.69, 9.17) is 33.0 Å². The van der Waals surface area contributed by atoms with E-state index in [0.29, 0.717) is 28.0 Å². The van der Waals surface area contributed by atoms with Crippen LogP contribution in [0.3, 0.4) is 0 Å². The van der Waals surface area contributed by atoms with E-state index in [0.717, 1.165) is 16.3 Å². The highest BCUT2D eigenvalue weighted by Gasteiger charge is 2.10. The fraction of sp³-hybridized carbons (Fsp3) is 0.111. The normalized spacial score (nSPS) is 10.9. The summed E-state index contributed by atoms with van der Waals surface area (Å²) >= 11 is 12.4. The maximum atomic E-state index is 9.15. The topological polar surface area (TPSA) is 29.5 Å². The molecule has 0 amide bonds. The van der Waals surface area contributed by atoms with Crippen LogP contribution in [0.25, 0.3) is 10.8 Å². The second-order valence-corrected chi connectivity index (χ2v) is 5.79. The number of hydrogen-bond donors (Lipinski definition) is 1. The standard InChI is InChI=1S/C18H14Cl2O2/c19-16-8-12(10-21)9-17(20)18(16)22-11-14-6-3-5-13-4-1-2-7-15(13)14/h1-9,21H,10-11H2. The van der Waals surface area contributed by atoms with E-state index in [1.165, 1.54) is 0 Å². The average molecular weight is 333 g/mol. The van der Waals surface area contributed by atoms with Gasteiger partial charge in [-0.05, 0) is 34.0 Å². The number of aliphatic hydroxyl groups excluding tert-OH is 1. The molecule has 0 aromatic heterocycles. The summed E-state index contributed by atoms with van der Waals surface area (Å²) in [6.07, 6.45) is 0. The van der Waals surface area contributed by atoms with Crippen molar-refractivity contribution < 1.29 is 9.84 Å². The number of hydrogen-bond acceptors (Lipinski definition) is 2. The van der Waals surface area contributed by atoms with Gasteiger partial charge >= 0.3 is 0 Å². The smallest absolute Gasteiger partial charge is 0.156 e. The van der Waals surface area contributed by atoms with Crippen LogP contribution in [-0.2, 0) is 13.2 Å². The van der Waals surface area contributed by atoms with Crippen LogP contribution in [0.2, 0.25) is 10.0 Å². The Morgan fingerprint density at radius 3 is 2.32 bits per heavy atom. The van der Waals surface area contributed by atoms with Crippen molar-refractivity contribution >= 4 is 34.0 Å². The molecule has 0 bridgehead atoms. The van der Waals surface area contributed by atoms with Gasteiger partial charge in [-0.25, -0.2) is 0 Å². The second kappa shape index (κ2) is 6.57. The summed E-state index contributed by atoms with van der Waals surface area (Å²) in [6.45, 7) is 0.266. The van der Waals surface area contributed by atoms with Gasteiger partial charge in [-0.15, -0.1) is 0 Å². The van der Waals surface area contributed by atoms with E-state index in [1.54, 1.807) is 12.1 Å². The number of fused-ring (bicyclic) bond motifs is 1. The molecule has 0 fully saturated rings. The average Bonchev–Trinajstić information content (AvgIpc) is 2.54. The van der Waals surface area contributed by atoms with Crippen LogP contribution < -0.4 is 4.74 Å². The van der Waals surface area contributed by atoms with Gasteiger partial charge in [0.25, 0.3) is 0 Å². The number of halogens is 2. The lowest BCUT2D eigenvalue weighted by atomic mass is 10.1. The van der Waals surface area contributed by atoms with Crippen LogP contribution in [0, 0.1) is 0 Å². The highest BCUT2D eigenvalue weighted by Crippen LogP contribution is 2.35. The van der Waals surface area contributed by atoms with E-state index in [2.05, 4.69) is 18.2 Å². The highest BCUT2D eigenvalue weighted by atomic mass is 35.5. The van der Waals surface area contributed by atoms with Gasteiger partial charge in [-0.2, -0.15) is 0 Å². The quantitative estimate of drug-likeness (QED) is 0.709. The number of rotatable bonds is 4. The van der Waals surface area contributed by atoms with Crippen molar-refractivity contribution in [3.63, 3.8) is 0 Å². The fourth-order valence-electron chi connectivity index (χ4n) is 2.41. The Kier molecular flexibility index (Phi) is 4.53. The van der Waals surface area contributed by atoms with Crippen molar-refractivity contribution in [2.75, 3.05) is 0 Å². The molecule has 22 heavy (non-hydrogen) atoms. The van der Waals surface area contributed by atoms with Crippen molar-refractivity contribution in [1.29, 1.82) is 0 Å². The summed E-state index contributed by atoms with van der Waals surface area (Å²) in [4.78, 5) is 0. The molecule has 0 aliphatic rings. The Labute approximate surface area is 138 Å². The van der Waals surface area contributed by atoms with Crippen LogP contribution in [0.1, 0.15) is 11.1 Å². The predicted octanol–water partition coefficient (Wildman–Crippen LogP) is 5.22. The maximum absolute atomic E-state index is 9.15. The molecule has 3 aromatic rings. The molecule has 2 nitrogen and oxygen atoms in total. The van der Waals surface area contributed by atoms with E-state index < -0.39 is 0 Å². The van der Waals surface area contributed by atoms with Gasteiger partial charge in [0.15, 0.2) is 5.75 Å². The Morgan fingerprint density at radius 2 is 1.59 bits per heavy atom. The van der Waals surface area contributed by atoms with Crippen molar-refractivity contribution in [1.82, 2.24) is 0 Å². The second-order valence-electron chi connectivity index (χ2n) is 4.97. The first-order valence-corrected chi connectivity index (χ1v) is 7.63. The van der Waals surface area contributed by atoms with Crippen LogP contribution in [0.4, 0.5) is 0 Å². The summed E-state index contributed by atoms with van der Waals surface area (Å²) < 4.78 is 5.82. The van der Waals surface area contributed by atoms with Crippen LogP contribution in [0.15, 0.2) is 54.6 Å². The minimum Gasteiger partial charge on any atom is -0.486 e. The van der Waals surface area contributed by atoms with Crippen molar-refractivity contribution in [2.24, 2.45) is 0 Å². The molecule has 0 aliphatic heterocycles. The number of aliphatic hydroxyl groups is 1. The third-order valence-electron chi connectivity index (χ3n) is 3.49. The summed E-state index contributed by atoms with van der Waals surface area (Å²) in [6, 6.07) is 17.5. The molecule has 0 aliphatic carbocycles. The Balaban J connectivity index is 1.89. The summed E-state index contributed by atoms with van der Waals surface area (Å²) in [5.41, 5.74) is 1.73. The molecule has 1 N–H and O–H groups in total. The van der Waals surface area contributed by atoms with E-state index >= 15 is 0 Å². The third kappa shape index (κ3) is 3.05. The minimum absolute atomic E-state index is 0.108. The van der Waals surface area contributed by atoms with Gasteiger partial charge in [0.05, 0.1) is 16.7 Å². The van der Waals surface area contributed by atoms with E-state index in [9.17, 15) is 0 Å². The molecule has 3 aromatic carbocycles. The van der Waals surface area contributed by atoms with Crippen molar-refractivity contribution in [3.8, 4) is 5.75 Å². The van der Waals surface area contributed by atoms with Crippen molar-refractivity contribution in [3.05, 3.63) is 75.8 Å². The lowest BCUT2D eigenvalue weighted by molar-refractivity contribution is 0.281. The molecule has 4 heteroatoms. The summed E-state index contributed by atoms with van der Waals surface area (Å²) in [7, 11) is 0. The largest absolute Gasteiger partial charge is 0.486 e. The molecule has 112 valence electrons. The Hall–Kier alpha value is -1.74. The maximum Gasteiger partial charge on any atom is 0.156 e. The molecule has 0 atom stereocenters. The molecular weight excluding hydrogens is 319 g/mol. The van der Waals surface area contributed by atoms with E-state index in [-0.39, 0.29) is 6.61 Å². The molecule has 0 unspecified atom stereocenters. The van der Waals surface area contributed by atoms with Gasteiger partial charge in [0, 0.05) is 0 Å². The predicted molar refractivity (Wildman–Crippen MR) is 90.7 cm³/mol. The number of benzene rings is 3. The van der Waals surface area contributed by atoms with Crippen LogP contribution >= 0.6 is 23.2 Å². The van der Waals surface area contributed by atoms with Gasteiger partial charge in [0.2, 0.25) is 0 Å². The van der Waals surface area contributed by atoms with Crippen molar-refractivity contribution in [2.45, 2.75) is 13.2 Å². The molecule has 0 saturated heterocycles. The fourth-order valence-corrected chi connectivity index (χ4v) is 3.05. The zero-order valence-corrected chi connectivity index (χ0v) is 13.2. The molecule has 0 heterocycles. The molecule has 0 saturated carbocycles. The first kappa shape index (κ1) is 15.2. The lowest BCUT2D eigenvalue weighted by Crippen LogP contribution is -1.98.